The number of rotatable bonds is 26. The van der Waals surface area contributed by atoms with Gasteiger partial charge in [-0.1, -0.05) is 0 Å². The lowest BCUT2D eigenvalue weighted by Gasteiger charge is -2.36. The summed E-state index contributed by atoms with van der Waals surface area (Å²) < 4.78 is 246. The van der Waals surface area contributed by atoms with Gasteiger partial charge in [0.15, 0.2) is 19.8 Å². The van der Waals surface area contributed by atoms with Gasteiger partial charge >= 0.3 is 30.7 Å². The standard InChI is InChI=1S/2C25H23F2N5O4.C23H19F2N5O3.C23H18F2N4O3S/c2*1-30-24(35-3)19-12-17(7-10-20(19)29-30)31-13-15-4-11-22(36-14-21(26)27)28-23(15)32(25(31)33)16-5-8-18(34-2)9-6-16;1-2-32-20-10-3-15-13-29(17-6-9-19-26-11-12-28(19)14-17)23(31)30(21(15)27-20)16-4-7-18(8-5-16)33-22(24)25;1-31-17-6-3-15(4-7-17)29-22-14(2-9-21(27-22)32-12-20(24)25)11-28(23(29)30)16-5-8-18-19(10-16)33-13-26-18/h2*4-12,21H,13-14H2,1-3H3;3-12,14,22H,2,13H2,1H3;2-10,13,20H,11-12H2,1H3/i2D3,3D3;2D3;;1D3. The van der Waals surface area contributed by atoms with Crippen LogP contribution < -0.4 is 86.6 Å². The molecule has 4 aliphatic heterocycles. The number of aryl methyl sites for hydroxylation is 2. The number of hydrogen-bond acceptors (Lipinski definition) is 23. The minimum absolute atomic E-state index is 0.00289. The molecule has 708 valence electrons. The van der Waals surface area contributed by atoms with Crippen LogP contribution in [0.5, 0.6) is 58.3 Å². The first-order chi connectivity index (χ1) is 71.4. The molecule has 0 bridgehead atoms. The lowest BCUT2D eigenvalue weighted by atomic mass is 10.1. The molecule has 0 N–H and O–H groups in total. The predicted molar refractivity (Wildman–Crippen MR) is 499 cm³/mol. The first-order valence-corrected chi connectivity index (χ1v) is 42.5. The molecule has 42 heteroatoms. The van der Waals surface area contributed by atoms with E-state index in [4.69, 9.17) is 59.1 Å². The molecule has 0 atom stereocenters. The Morgan fingerprint density at radius 1 is 0.384 bits per heavy atom. The molecule has 7 aromatic carbocycles. The van der Waals surface area contributed by atoms with Gasteiger partial charge < -0.3 is 51.8 Å². The average Bonchev–Trinajstić information content (AvgIpc) is 1.03. The summed E-state index contributed by atoms with van der Waals surface area (Å²) in [6.45, 7) is -2.57. The molecule has 0 unspecified atom stereocenters. The van der Waals surface area contributed by atoms with Crippen molar-refractivity contribution in [3.05, 3.63) is 259 Å². The molecule has 8 amide bonds. The van der Waals surface area contributed by atoms with Crippen LogP contribution in [0.1, 0.15) is 45.6 Å². The van der Waals surface area contributed by atoms with Gasteiger partial charge in [0.1, 0.15) is 51.9 Å². The van der Waals surface area contributed by atoms with Crippen molar-refractivity contribution < 1.29 is 118 Å². The van der Waals surface area contributed by atoms with E-state index in [1.807, 2.05) is 47.9 Å². The van der Waals surface area contributed by atoms with Crippen LogP contribution in [0.25, 0.3) is 37.7 Å². The van der Waals surface area contributed by atoms with Crippen molar-refractivity contribution in [2.24, 2.45) is 14.1 Å². The number of methoxy groups -OCH3 is 5. The minimum atomic E-state index is -2.93. The van der Waals surface area contributed by atoms with E-state index in [0.717, 1.165) is 21.4 Å². The van der Waals surface area contributed by atoms with E-state index in [1.54, 1.807) is 106 Å². The monoisotopic (exact) mass is 1920 g/mol. The number of urea groups is 4. The first-order valence-electron chi connectivity index (χ1n) is 47.6. The Kier molecular flexibility index (Phi) is 23.1. The van der Waals surface area contributed by atoms with E-state index < -0.39 is 92.0 Å². The van der Waals surface area contributed by atoms with Crippen molar-refractivity contribution in [2.75, 3.05) is 101 Å². The Morgan fingerprint density at radius 2 is 0.732 bits per heavy atom. The second-order valence-corrected chi connectivity index (χ2v) is 31.1. The molecule has 33 nitrogen and oxygen atoms in total. The van der Waals surface area contributed by atoms with E-state index in [1.165, 1.54) is 175 Å². The highest BCUT2D eigenvalue weighted by Gasteiger charge is 2.40. The molecule has 0 saturated carbocycles. The molecule has 138 heavy (non-hydrogen) atoms. The first kappa shape index (κ1) is 78.6. The van der Waals surface area contributed by atoms with Gasteiger partial charge in [0, 0.05) is 96.3 Å². The van der Waals surface area contributed by atoms with E-state index in [9.17, 15) is 54.3 Å². The number of aromatic nitrogens is 11. The number of carbonyl (C=O) groups is 4. The van der Waals surface area contributed by atoms with Gasteiger partial charge in [0.05, 0.1) is 150 Å². The summed E-state index contributed by atoms with van der Waals surface area (Å²) in [4.78, 5) is 92.9. The van der Waals surface area contributed by atoms with Crippen LogP contribution in [0.3, 0.4) is 0 Å². The number of pyridine rings is 5. The summed E-state index contributed by atoms with van der Waals surface area (Å²) in [5.74, 6) is 1.86. The zero-order chi connectivity index (χ0) is 107. The van der Waals surface area contributed by atoms with Crippen molar-refractivity contribution in [3.8, 4) is 58.3 Å². The van der Waals surface area contributed by atoms with Gasteiger partial charge in [-0.15, -0.1) is 11.3 Å². The lowest BCUT2D eigenvalue weighted by Crippen LogP contribution is -2.45. The fourth-order valence-electron chi connectivity index (χ4n) is 15.4. The van der Waals surface area contributed by atoms with Crippen molar-refractivity contribution in [1.82, 2.24) is 53.9 Å². The van der Waals surface area contributed by atoms with E-state index in [0.29, 0.717) is 109 Å². The number of alkyl halides is 8. The fourth-order valence-corrected chi connectivity index (χ4v) is 16.1. The van der Waals surface area contributed by atoms with Gasteiger partial charge in [-0.2, -0.15) is 38.9 Å². The van der Waals surface area contributed by atoms with Gasteiger partial charge in [-0.3, -0.25) is 19.6 Å². The third-order valence-electron chi connectivity index (χ3n) is 21.6. The molecular weight excluding hydrogens is 1830 g/mol. The lowest BCUT2D eigenvalue weighted by molar-refractivity contribution is -0.0498. The molecular formula is C96H83F8N19O14S. The topological polar surface area (TPSA) is 304 Å². The molecule has 9 aromatic heterocycles. The number of thiazole rings is 1. The van der Waals surface area contributed by atoms with Gasteiger partial charge in [-0.05, 0) is 195 Å². The highest BCUT2D eigenvalue weighted by molar-refractivity contribution is 7.16. The van der Waals surface area contributed by atoms with E-state index in [-0.39, 0.29) is 95.3 Å². The number of hydrogen-bond donors (Lipinski definition) is 0. The van der Waals surface area contributed by atoms with Crippen LogP contribution in [-0.4, -0.2) is 166 Å². The zero-order valence-electron chi connectivity index (χ0n) is 84.6. The average molecular weight is 1920 g/mol. The van der Waals surface area contributed by atoms with E-state index in [2.05, 4.69) is 44.8 Å². The minimum Gasteiger partial charge on any atom is -0.497 e. The normalized spacial score (nSPS) is 15.1. The Labute approximate surface area is 801 Å². The quantitative estimate of drug-likeness (QED) is 0.0455. The van der Waals surface area contributed by atoms with Crippen molar-refractivity contribution in [3.63, 3.8) is 0 Å². The Morgan fingerprint density at radius 3 is 1.10 bits per heavy atom. The second-order valence-electron chi connectivity index (χ2n) is 30.2. The van der Waals surface area contributed by atoms with Gasteiger partial charge in [0.25, 0.3) is 19.3 Å². The van der Waals surface area contributed by atoms with Gasteiger partial charge in [-0.25, -0.2) is 84.5 Å². The van der Waals surface area contributed by atoms with Gasteiger partial charge in [0.2, 0.25) is 35.3 Å². The van der Waals surface area contributed by atoms with Crippen molar-refractivity contribution in [1.29, 1.82) is 0 Å². The summed E-state index contributed by atoms with van der Waals surface area (Å²) in [5, 5.41) is 9.75. The summed E-state index contributed by atoms with van der Waals surface area (Å²) >= 11 is 1.45. The summed E-state index contributed by atoms with van der Waals surface area (Å²) in [7, 11) is -5.87. The molecule has 0 radical (unpaired) electrons. The molecule has 13 heterocycles. The SMILES string of the molecule is CCOc1ccc2c(n1)N(c1ccc(OC(F)F)cc1)C(=O)N(c1ccc3nccn3c1)C2.[2H]C([2H])([2H])Oc1ccc(N2C(=O)N(c3ccc4ncsc4c3)Cc3ccc(OCC(F)F)nc32)cc1.[2H]C([2H])([2H])Oc1ccc(N2C(=O)N(c3ccc4nn(C)c(OC([2H])([2H])[2H])c4c3)Cc3ccc(OCC(F)F)nc32)cc1.[2H]C([2H])([2H])Oc1ccc(N2C(=O)N(c3ccc4nn(C)c(OC)c4c3)Cc3ccc(OCC(F)F)nc32)cc1. The number of amides is 8. The molecule has 20 rings (SSSR count). The van der Waals surface area contributed by atoms with E-state index >= 15 is 0 Å². The van der Waals surface area contributed by atoms with Crippen molar-refractivity contribution in [2.45, 2.75) is 59.0 Å². The van der Waals surface area contributed by atoms with Crippen LogP contribution in [0.2, 0.25) is 0 Å². The number of imidazole rings is 1. The maximum Gasteiger partial charge on any atom is 0.387 e. The maximum absolute atomic E-state index is 14.0. The number of anilines is 12. The van der Waals surface area contributed by atoms with Crippen LogP contribution >= 0.6 is 11.3 Å². The third-order valence-corrected chi connectivity index (χ3v) is 22.4. The number of ether oxygens (including phenoxy) is 10. The Bertz CT molecular complexity index is 7660. The molecule has 16 aromatic rings. The zero-order valence-corrected chi connectivity index (χ0v) is 73.4. The summed E-state index contributed by atoms with van der Waals surface area (Å²) in [6, 6.07) is 53.6. The fraction of sp³-hybridized carbons (Fsp3) is 0.208. The molecule has 4 aliphatic rings. The van der Waals surface area contributed by atoms with Crippen LogP contribution in [0.15, 0.2) is 236 Å². The number of halogens is 8. The molecule has 0 aliphatic carbocycles. The smallest absolute Gasteiger partial charge is 0.387 e. The van der Waals surface area contributed by atoms with Crippen molar-refractivity contribution >= 4 is 142 Å². The molecule has 0 fully saturated rings. The Balaban J connectivity index is 0.000000137. The van der Waals surface area contributed by atoms with Crippen LogP contribution in [-0.2, 0) is 40.3 Å². The van der Waals surface area contributed by atoms with Crippen LogP contribution in [0.4, 0.5) is 123 Å². The largest absolute Gasteiger partial charge is 0.497 e. The van der Waals surface area contributed by atoms with Crippen LogP contribution in [0, 0.1) is 0 Å². The number of carbonyl (C=O) groups excluding carboxylic acids is 4. The molecule has 0 spiro atoms. The number of nitrogens with zero attached hydrogens (tertiary/aromatic N) is 19. The highest BCUT2D eigenvalue weighted by Crippen LogP contribution is 2.46. The maximum atomic E-state index is 14.0. The second kappa shape index (κ2) is 40.5. The highest BCUT2D eigenvalue weighted by atomic mass is 32.1. The molecule has 0 saturated heterocycles. The number of benzene rings is 7. The summed E-state index contributed by atoms with van der Waals surface area (Å²) in [5.41, 5.74) is 10.8. The predicted octanol–water partition coefficient (Wildman–Crippen LogP) is 20.4. The number of fused-ring (bicyclic) bond motifs is 8. The summed E-state index contributed by atoms with van der Waals surface area (Å²) in [6.07, 6.45) is -2.80. The Hall–Kier alpha value is -16.8. The third kappa shape index (κ3) is 19.6.